The standard InChI is InChI=1S/C21H31ClN4O2/c1-16-11-17(2)13-26(12-16)21(28)15-25-9-7-24(8-10-25)14-20(27)23-19-5-3-18(22)4-6-19/h3-6,16-17H,7-15H2,1-2H3,(H,23,27). The third kappa shape index (κ3) is 6.19. The Bertz CT molecular complexity index is 663. The number of piperazine rings is 1. The van der Waals surface area contributed by atoms with Gasteiger partial charge >= 0.3 is 0 Å². The molecule has 1 N–H and O–H groups in total. The molecule has 6 nitrogen and oxygen atoms in total. The van der Waals surface area contributed by atoms with Crippen molar-refractivity contribution in [1.29, 1.82) is 0 Å². The molecule has 0 bridgehead atoms. The van der Waals surface area contributed by atoms with E-state index >= 15 is 0 Å². The number of nitrogens with one attached hydrogen (secondary N) is 1. The van der Waals surface area contributed by atoms with E-state index in [9.17, 15) is 9.59 Å². The first-order valence-electron chi connectivity index (χ1n) is 10.2. The minimum atomic E-state index is -0.0249. The average molecular weight is 407 g/mol. The Hall–Kier alpha value is -1.63. The average Bonchev–Trinajstić information content (AvgIpc) is 2.64. The summed E-state index contributed by atoms with van der Waals surface area (Å²) in [6, 6.07) is 7.12. The van der Waals surface area contributed by atoms with Crippen LogP contribution in [0, 0.1) is 11.8 Å². The number of carbonyl (C=O) groups is 2. The summed E-state index contributed by atoms with van der Waals surface area (Å²) in [5, 5.41) is 3.55. The van der Waals surface area contributed by atoms with Gasteiger partial charge in [0.1, 0.15) is 0 Å². The maximum absolute atomic E-state index is 12.6. The molecule has 2 atom stereocenters. The Morgan fingerprint density at radius 1 is 0.964 bits per heavy atom. The third-order valence-corrected chi connectivity index (χ3v) is 5.79. The highest BCUT2D eigenvalue weighted by atomic mass is 35.5. The number of anilines is 1. The van der Waals surface area contributed by atoms with Crippen LogP contribution < -0.4 is 5.32 Å². The molecule has 2 heterocycles. The lowest BCUT2D eigenvalue weighted by Gasteiger charge is -2.38. The molecule has 2 fully saturated rings. The lowest BCUT2D eigenvalue weighted by atomic mass is 9.92. The second-order valence-corrected chi connectivity index (χ2v) is 8.79. The van der Waals surface area contributed by atoms with E-state index in [2.05, 4.69) is 29.0 Å². The van der Waals surface area contributed by atoms with Gasteiger partial charge in [-0.3, -0.25) is 19.4 Å². The Balaban J connectivity index is 1.38. The van der Waals surface area contributed by atoms with Crippen molar-refractivity contribution in [3.8, 4) is 0 Å². The molecule has 2 aliphatic heterocycles. The molecule has 1 aromatic carbocycles. The monoisotopic (exact) mass is 406 g/mol. The second kappa shape index (κ2) is 9.72. The molecular formula is C21H31ClN4O2. The fourth-order valence-electron chi connectivity index (χ4n) is 4.20. The number of piperidine rings is 1. The third-order valence-electron chi connectivity index (χ3n) is 5.54. The zero-order valence-electron chi connectivity index (χ0n) is 16.9. The van der Waals surface area contributed by atoms with Crippen LogP contribution in [0.15, 0.2) is 24.3 Å². The van der Waals surface area contributed by atoms with E-state index in [0.717, 1.165) is 45.0 Å². The van der Waals surface area contributed by atoms with Gasteiger partial charge in [0.2, 0.25) is 11.8 Å². The Kier molecular flexibility index (Phi) is 7.32. The topological polar surface area (TPSA) is 55.9 Å². The zero-order valence-corrected chi connectivity index (χ0v) is 17.6. The summed E-state index contributed by atoms with van der Waals surface area (Å²) in [5.41, 5.74) is 0.753. The van der Waals surface area contributed by atoms with Crippen LogP contribution in [-0.2, 0) is 9.59 Å². The molecule has 0 saturated carbocycles. The van der Waals surface area contributed by atoms with Crippen molar-refractivity contribution in [3.63, 3.8) is 0 Å². The van der Waals surface area contributed by atoms with E-state index in [-0.39, 0.29) is 11.8 Å². The summed E-state index contributed by atoms with van der Waals surface area (Å²) in [6.45, 7) is 10.3. The van der Waals surface area contributed by atoms with Crippen molar-refractivity contribution in [1.82, 2.24) is 14.7 Å². The number of hydrogen-bond donors (Lipinski definition) is 1. The Labute approximate surface area is 172 Å². The van der Waals surface area contributed by atoms with Crippen molar-refractivity contribution in [3.05, 3.63) is 29.3 Å². The number of benzene rings is 1. The zero-order chi connectivity index (χ0) is 20.1. The first-order valence-corrected chi connectivity index (χ1v) is 10.5. The molecule has 28 heavy (non-hydrogen) atoms. The number of amides is 2. The van der Waals surface area contributed by atoms with Crippen molar-refractivity contribution in [2.75, 3.05) is 57.7 Å². The first-order chi connectivity index (χ1) is 13.4. The van der Waals surface area contributed by atoms with E-state index in [1.807, 2.05) is 4.90 Å². The van der Waals surface area contributed by atoms with Gasteiger partial charge in [0.25, 0.3) is 0 Å². The molecule has 2 aliphatic rings. The molecule has 3 rings (SSSR count). The van der Waals surface area contributed by atoms with Crippen molar-refractivity contribution in [2.24, 2.45) is 11.8 Å². The first kappa shape index (κ1) is 21.1. The van der Waals surface area contributed by atoms with Crippen LogP contribution in [0.25, 0.3) is 0 Å². The van der Waals surface area contributed by atoms with Gasteiger partial charge in [-0.05, 0) is 42.5 Å². The normalized spacial score (nSPS) is 24.2. The van der Waals surface area contributed by atoms with Gasteiger partial charge in [-0.25, -0.2) is 0 Å². The Morgan fingerprint density at radius 3 is 2.07 bits per heavy atom. The number of nitrogens with zero attached hydrogens (tertiary/aromatic N) is 3. The molecule has 0 radical (unpaired) electrons. The van der Waals surface area contributed by atoms with Crippen molar-refractivity contribution < 1.29 is 9.59 Å². The SMILES string of the molecule is CC1CC(C)CN(C(=O)CN2CCN(CC(=O)Nc3ccc(Cl)cc3)CC2)C1. The second-order valence-electron chi connectivity index (χ2n) is 8.35. The molecule has 0 aliphatic carbocycles. The molecule has 2 amide bonds. The minimum Gasteiger partial charge on any atom is -0.341 e. The molecule has 2 saturated heterocycles. The minimum absolute atomic E-state index is 0.0249. The van der Waals surface area contributed by atoms with Crippen molar-refractivity contribution >= 4 is 29.1 Å². The Morgan fingerprint density at radius 2 is 1.50 bits per heavy atom. The fourth-order valence-corrected chi connectivity index (χ4v) is 4.33. The van der Waals surface area contributed by atoms with Crippen LogP contribution in [0.5, 0.6) is 0 Å². The van der Waals surface area contributed by atoms with Gasteiger partial charge in [-0.2, -0.15) is 0 Å². The lowest BCUT2D eigenvalue weighted by Crippen LogP contribution is -2.52. The fraction of sp³-hybridized carbons (Fsp3) is 0.619. The summed E-state index contributed by atoms with van der Waals surface area (Å²) in [5.74, 6) is 1.39. The van der Waals surface area contributed by atoms with Crippen LogP contribution in [0.4, 0.5) is 5.69 Å². The molecule has 0 spiro atoms. The van der Waals surface area contributed by atoms with Crippen LogP contribution in [0.2, 0.25) is 5.02 Å². The van der Waals surface area contributed by atoms with Crippen LogP contribution in [0.1, 0.15) is 20.3 Å². The maximum Gasteiger partial charge on any atom is 0.238 e. The largest absolute Gasteiger partial charge is 0.341 e. The van der Waals surface area contributed by atoms with E-state index in [1.54, 1.807) is 24.3 Å². The number of halogens is 1. The molecule has 1 aromatic rings. The molecule has 0 aromatic heterocycles. The van der Waals surface area contributed by atoms with Crippen LogP contribution >= 0.6 is 11.6 Å². The van der Waals surface area contributed by atoms with E-state index < -0.39 is 0 Å². The van der Waals surface area contributed by atoms with Gasteiger partial charge in [-0.1, -0.05) is 25.4 Å². The summed E-state index contributed by atoms with van der Waals surface area (Å²) in [4.78, 5) is 31.3. The predicted molar refractivity (Wildman–Crippen MR) is 112 cm³/mol. The highest BCUT2D eigenvalue weighted by Gasteiger charge is 2.27. The van der Waals surface area contributed by atoms with Gasteiger partial charge in [0.05, 0.1) is 13.1 Å². The smallest absolute Gasteiger partial charge is 0.238 e. The van der Waals surface area contributed by atoms with E-state index in [1.165, 1.54) is 6.42 Å². The van der Waals surface area contributed by atoms with E-state index in [0.29, 0.717) is 29.9 Å². The summed E-state index contributed by atoms with van der Waals surface area (Å²) >= 11 is 5.86. The molecule has 154 valence electrons. The van der Waals surface area contributed by atoms with Gasteiger partial charge in [0.15, 0.2) is 0 Å². The molecule has 2 unspecified atom stereocenters. The number of hydrogen-bond acceptors (Lipinski definition) is 4. The quantitative estimate of drug-likeness (QED) is 0.815. The number of rotatable bonds is 5. The maximum atomic E-state index is 12.6. The predicted octanol–water partition coefficient (Wildman–Crippen LogP) is 2.40. The highest BCUT2D eigenvalue weighted by Crippen LogP contribution is 2.21. The summed E-state index contributed by atoms with van der Waals surface area (Å²) in [6.07, 6.45) is 1.21. The van der Waals surface area contributed by atoms with Gasteiger partial charge < -0.3 is 10.2 Å². The summed E-state index contributed by atoms with van der Waals surface area (Å²) in [7, 11) is 0. The molecular weight excluding hydrogens is 376 g/mol. The van der Waals surface area contributed by atoms with Crippen LogP contribution in [0.3, 0.4) is 0 Å². The molecule has 7 heteroatoms. The van der Waals surface area contributed by atoms with Crippen LogP contribution in [-0.4, -0.2) is 78.9 Å². The van der Waals surface area contributed by atoms with Gasteiger partial charge in [-0.15, -0.1) is 0 Å². The van der Waals surface area contributed by atoms with Gasteiger partial charge in [0, 0.05) is 50.0 Å². The van der Waals surface area contributed by atoms with Crippen molar-refractivity contribution in [2.45, 2.75) is 20.3 Å². The number of likely N-dealkylation sites (tertiary alicyclic amines) is 1. The summed E-state index contributed by atoms with van der Waals surface area (Å²) < 4.78 is 0. The number of carbonyl (C=O) groups excluding carboxylic acids is 2. The van der Waals surface area contributed by atoms with E-state index in [4.69, 9.17) is 11.6 Å². The highest BCUT2D eigenvalue weighted by molar-refractivity contribution is 6.30. The lowest BCUT2D eigenvalue weighted by molar-refractivity contribution is -0.135.